The number of urea groups is 1. The number of amides is 2. The van der Waals surface area contributed by atoms with Gasteiger partial charge < -0.3 is 10.6 Å². The number of nitrogens with zero attached hydrogens (tertiary/aromatic N) is 1. The molecule has 3 N–H and O–H groups in total. The van der Waals surface area contributed by atoms with Crippen molar-refractivity contribution < 1.29 is 17.6 Å². The number of hydrogen-bond acceptors (Lipinski definition) is 4. The molecule has 2 amide bonds. The fourth-order valence-electron chi connectivity index (χ4n) is 2.05. The van der Waals surface area contributed by atoms with Gasteiger partial charge in [0.1, 0.15) is 11.9 Å². The van der Waals surface area contributed by atoms with Gasteiger partial charge in [0.25, 0.3) is 0 Å². The third kappa shape index (κ3) is 5.27. The number of hydrogen-bond donors (Lipinski definition) is 3. The molecule has 0 fully saturated rings. The molecule has 2 aromatic carbocycles. The van der Waals surface area contributed by atoms with Crippen LogP contribution in [0.5, 0.6) is 0 Å². The Kier molecular flexibility index (Phi) is 6.27. The molecule has 0 unspecified atom stereocenters. The fourth-order valence-corrected chi connectivity index (χ4v) is 3.08. The molecule has 0 aliphatic heterocycles. The standard InChI is InChI=1S/C17H17FN4O3S/c1-12-2-5-15(6-3-12)26(24,25)21-9-8-20-17(23)22-16-7-4-14(18)10-13(16)11-19/h2-7,10,21H,8-9H2,1H3,(H2,20,22,23). The third-order valence-electron chi connectivity index (χ3n) is 3.38. The first-order valence-corrected chi connectivity index (χ1v) is 9.11. The molecule has 0 aromatic heterocycles. The Hall–Kier alpha value is -2.96. The smallest absolute Gasteiger partial charge is 0.319 e. The van der Waals surface area contributed by atoms with Gasteiger partial charge in [-0.3, -0.25) is 0 Å². The van der Waals surface area contributed by atoms with E-state index in [4.69, 9.17) is 5.26 Å². The number of sulfonamides is 1. The summed E-state index contributed by atoms with van der Waals surface area (Å²) < 4.78 is 39.6. The van der Waals surface area contributed by atoms with Crippen molar-refractivity contribution in [2.24, 2.45) is 0 Å². The molecule has 7 nitrogen and oxygen atoms in total. The minimum absolute atomic E-state index is 0.0137. The maximum atomic E-state index is 13.0. The van der Waals surface area contributed by atoms with Crippen molar-refractivity contribution in [2.75, 3.05) is 18.4 Å². The number of benzene rings is 2. The molecule has 2 aromatic rings. The molecule has 9 heteroatoms. The molecule has 0 saturated carbocycles. The van der Waals surface area contributed by atoms with Crippen molar-refractivity contribution in [2.45, 2.75) is 11.8 Å². The van der Waals surface area contributed by atoms with Crippen LogP contribution in [0.1, 0.15) is 11.1 Å². The zero-order chi connectivity index (χ0) is 19.2. The first-order chi connectivity index (χ1) is 12.3. The number of rotatable bonds is 6. The molecule has 0 spiro atoms. The van der Waals surface area contributed by atoms with E-state index in [9.17, 15) is 17.6 Å². The number of halogens is 1. The van der Waals surface area contributed by atoms with Gasteiger partial charge in [-0.05, 0) is 37.3 Å². The van der Waals surface area contributed by atoms with Gasteiger partial charge in [0.2, 0.25) is 10.0 Å². The highest BCUT2D eigenvalue weighted by Crippen LogP contribution is 2.15. The van der Waals surface area contributed by atoms with Crippen molar-refractivity contribution in [1.29, 1.82) is 5.26 Å². The zero-order valence-electron chi connectivity index (χ0n) is 13.9. The summed E-state index contributed by atoms with van der Waals surface area (Å²) in [5, 5.41) is 13.8. The summed E-state index contributed by atoms with van der Waals surface area (Å²) in [7, 11) is -3.66. The van der Waals surface area contributed by atoms with E-state index in [1.165, 1.54) is 18.2 Å². The second-order valence-electron chi connectivity index (χ2n) is 5.39. The van der Waals surface area contributed by atoms with E-state index < -0.39 is 21.9 Å². The van der Waals surface area contributed by atoms with Gasteiger partial charge in [-0.2, -0.15) is 5.26 Å². The van der Waals surface area contributed by atoms with Crippen LogP contribution in [0, 0.1) is 24.1 Å². The second-order valence-corrected chi connectivity index (χ2v) is 7.16. The van der Waals surface area contributed by atoms with Crippen LogP contribution in [0.4, 0.5) is 14.9 Å². The molecule has 0 aliphatic carbocycles. The first-order valence-electron chi connectivity index (χ1n) is 7.62. The monoisotopic (exact) mass is 376 g/mol. The minimum atomic E-state index is -3.66. The Morgan fingerprint density at radius 3 is 2.50 bits per heavy atom. The summed E-state index contributed by atoms with van der Waals surface area (Å²) in [5.74, 6) is -0.585. The predicted octanol–water partition coefficient (Wildman–Crippen LogP) is 2.11. The summed E-state index contributed by atoms with van der Waals surface area (Å²) in [5.41, 5.74) is 1.09. The Morgan fingerprint density at radius 2 is 1.85 bits per heavy atom. The average molecular weight is 376 g/mol. The summed E-state index contributed by atoms with van der Waals surface area (Å²) >= 11 is 0. The lowest BCUT2D eigenvalue weighted by Crippen LogP contribution is -2.36. The van der Waals surface area contributed by atoms with Crippen molar-refractivity contribution in [3.63, 3.8) is 0 Å². The van der Waals surface area contributed by atoms with Gasteiger partial charge in [-0.25, -0.2) is 22.3 Å². The molecule has 2 rings (SSSR count). The highest BCUT2D eigenvalue weighted by Gasteiger charge is 2.13. The molecule has 0 aliphatic rings. The van der Waals surface area contributed by atoms with E-state index in [2.05, 4.69) is 15.4 Å². The van der Waals surface area contributed by atoms with E-state index >= 15 is 0 Å². The van der Waals surface area contributed by atoms with Crippen LogP contribution in [0.15, 0.2) is 47.4 Å². The highest BCUT2D eigenvalue weighted by atomic mass is 32.2. The van der Waals surface area contributed by atoms with Gasteiger partial charge in [0, 0.05) is 13.1 Å². The molecule has 0 radical (unpaired) electrons. The molecular weight excluding hydrogens is 359 g/mol. The third-order valence-corrected chi connectivity index (χ3v) is 4.86. The topological polar surface area (TPSA) is 111 Å². The normalized spacial score (nSPS) is 10.8. The molecule has 0 heterocycles. The van der Waals surface area contributed by atoms with Crippen molar-refractivity contribution in [3.8, 4) is 6.07 Å². The molecule has 0 saturated heterocycles. The van der Waals surface area contributed by atoms with Crippen LogP contribution in [0.2, 0.25) is 0 Å². The van der Waals surface area contributed by atoms with Crippen LogP contribution in [-0.2, 0) is 10.0 Å². The summed E-state index contributed by atoms with van der Waals surface area (Å²) in [6.07, 6.45) is 0. The molecule has 0 atom stereocenters. The van der Waals surface area contributed by atoms with Crippen LogP contribution >= 0.6 is 0 Å². The highest BCUT2D eigenvalue weighted by molar-refractivity contribution is 7.89. The van der Waals surface area contributed by atoms with Gasteiger partial charge in [0.05, 0.1) is 16.1 Å². The van der Waals surface area contributed by atoms with Gasteiger partial charge in [-0.15, -0.1) is 0 Å². The van der Waals surface area contributed by atoms with Crippen molar-refractivity contribution in [3.05, 3.63) is 59.4 Å². The maximum absolute atomic E-state index is 13.0. The summed E-state index contributed by atoms with van der Waals surface area (Å²) in [6.45, 7) is 1.86. The number of anilines is 1. The summed E-state index contributed by atoms with van der Waals surface area (Å²) in [4.78, 5) is 11.9. The maximum Gasteiger partial charge on any atom is 0.319 e. The minimum Gasteiger partial charge on any atom is -0.337 e. The molecule has 26 heavy (non-hydrogen) atoms. The SMILES string of the molecule is Cc1ccc(S(=O)(=O)NCCNC(=O)Nc2ccc(F)cc2C#N)cc1. The number of carbonyl (C=O) groups is 1. The van der Waals surface area contributed by atoms with Gasteiger partial charge in [0.15, 0.2) is 0 Å². The van der Waals surface area contributed by atoms with E-state index in [1.807, 2.05) is 6.92 Å². The Bertz CT molecular complexity index is 937. The molecule has 136 valence electrons. The number of carbonyl (C=O) groups excluding carboxylic acids is 1. The molecule has 0 bridgehead atoms. The first kappa shape index (κ1) is 19.4. The largest absolute Gasteiger partial charge is 0.337 e. The van der Waals surface area contributed by atoms with Crippen LogP contribution < -0.4 is 15.4 Å². The van der Waals surface area contributed by atoms with Crippen LogP contribution in [0.3, 0.4) is 0 Å². The van der Waals surface area contributed by atoms with Crippen LogP contribution in [0.25, 0.3) is 0 Å². The Labute approximate surface area is 150 Å². The molecular formula is C17H17FN4O3S. The fraction of sp³-hybridized carbons (Fsp3) is 0.176. The van der Waals surface area contributed by atoms with Gasteiger partial charge in [-0.1, -0.05) is 17.7 Å². The van der Waals surface area contributed by atoms with E-state index in [1.54, 1.807) is 18.2 Å². The lowest BCUT2D eigenvalue weighted by Gasteiger charge is -2.10. The number of nitrogens with one attached hydrogen (secondary N) is 3. The Balaban J connectivity index is 1.83. The van der Waals surface area contributed by atoms with Crippen molar-refractivity contribution in [1.82, 2.24) is 10.0 Å². The lowest BCUT2D eigenvalue weighted by atomic mass is 10.2. The van der Waals surface area contributed by atoms with E-state index in [0.29, 0.717) is 0 Å². The quantitative estimate of drug-likeness (QED) is 0.671. The second kappa shape index (κ2) is 8.42. The van der Waals surface area contributed by atoms with E-state index in [0.717, 1.165) is 17.7 Å². The van der Waals surface area contributed by atoms with Gasteiger partial charge >= 0.3 is 6.03 Å². The Morgan fingerprint density at radius 1 is 1.15 bits per heavy atom. The van der Waals surface area contributed by atoms with Crippen LogP contribution in [-0.4, -0.2) is 27.5 Å². The predicted molar refractivity (Wildman–Crippen MR) is 94.5 cm³/mol. The number of nitriles is 1. The number of aryl methyl sites for hydroxylation is 1. The van der Waals surface area contributed by atoms with E-state index in [-0.39, 0.29) is 29.2 Å². The summed E-state index contributed by atoms with van der Waals surface area (Å²) in [6, 6.07) is 10.9. The zero-order valence-corrected chi connectivity index (χ0v) is 14.7. The average Bonchev–Trinajstić information content (AvgIpc) is 2.60. The lowest BCUT2D eigenvalue weighted by molar-refractivity contribution is 0.252. The van der Waals surface area contributed by atoms with Crippen molar-refractivity contribution >= 4 is 21.7 Å².